The molecule has 72 valence electrons. The Morgan fingerprint density at radius 1 is 1.38 bits per heavy atom. The van der Waals surface area contributed by atoms with E-state index in [0.29, 0.717) is 0 Å². The highest BCUT2D eigenvalue weighted by molar-refractivity contribution is 9.10. The second-order valence-corrected chi connectivity index (χ2v) is 4.34. The monoisotopic (exact) mass is 242 g/mol. The average Bonchev–Trinajstić information content (AvgIpc) is 2.12. The van der Waals surface area contributed by atoms with E-state index in [4.69, 9.17) is 5.11 Å². The number of benzene rings is 1. The van der Waals surface area contributed by atoms with Crippen LogP contribution in [0.3, 0.4) is 0 Å². The Morgan fingerprint density at radius 2 is 2.00 bits per heavy atom. The molecule has 1 aromatic carbocycles. The van der Waals surface area contributed by atoms with Crippen LogP contribution < -0.4 is 0 Å². The van der Waals surface area contributed by atoms with Gasteiger partial charge < -0.3 is 5.11 Å². The number of aliphatic hydroxyl groups excluding tert-OH is 1. The van der Waals surface area contributed by atoms with Gasteiger partial charge in [0.25, 0.3) is 0 Å². The van der Waals surface area contributed by atoms with E-state index < -0.39 is 0 Å². The van der Waals surface area contributed by atoms with Crippen LogP contribution in [0, 0.1) is 13.8 Å². The van der Waals surface area contributed by atoms with Crippen molar-refractivity contribution in [3.05, 3.63) is 33.3 Å². The highest BCUT2D eigenvalue weighted by atomic mass is 79.9. The molecule has 13 heavy (non-hydrogen) atoms. The second-order valence-electron chi connectivity index (χ2n) is 3.49. The third-order valence-electron chi connectivity index (χ3n) is 2.50. The fourth-order valence-electron chi connectivity index (χ4n) is 1.50. The molecule has 0 saturated carbocycles. The molecule has 0 spiro atoms. The van der Waals surface area contributed by atoms with Gasteiger partial charge in [-0.1, -0.05) is 28.9 Å². The fourth-order valence-corrected chi connectivity index (χ4v) is 2.32. The third-order valence-corrected chi connectivity index (χ3v) is 3.19. The molecule has 0 bridgehead atoms. The maximum atomic E-state index is 9.11. The Bertz CT molecular complexity index is 307. The Balaban J connectivity index is 3.25. The van der Waals surface area contributed by atoms with Gasteiger partial charge in [0.2, 0.25) is 0 Å². The summed E-state index contributed by atoms with van der Waals surface area (Å²) >= 11 is 3.51. The first-order valence-electron chi connectivity index (χ1n) is 4.44. The van der Waals surface area contributed by atoms with Gasteiger partial charge in [0.15, 0.2) is 0 Å². The van der Waals surface area contributed by atoms with E-state index in [1.807, 2.05) is 13.0 Å². The molecule has 1 nitrogen and oxygen atoms in total. The average molecular weight is 243 g/mol. The third kappa shape index (κ3) is 2.12. The van der Waals surface area contributed by atoms with Crippen molar-refractivity contribution >= 4 is 15.9 Å². The minimum Gasteiger partial charge on any atom is -0.396 e. The van der Waals surface area contributed by atoms with Crippen LogP contribution in [0.15, 0.2) is 16.6 Å². The van der Waals surface area contributed by atoms with E-state index >= 15 is 0 Å². The SMILES string of the molecule is Cc1ccc(Br)c(C(C)CO)c1C. The van der Waals surface area contributed by atoms with Crippen molar-refractivity contribution < 1.29 is 5.11 Å². The van der Waals surface area contributed by atoms with Crippen LogP contribution in [0.5, 0.6) is 0 Å². The highest BCUT2D eigenvalue weighted by Crippen LogP contribution is 2.29. The first-order valence-corrected chi connectivity index (χ1v) is 5.23. The Hall–Kier alpha value is -0.340. The number of halogens is 1. The molecule has 1 N–H and O–H groups in total. The molecule has 0 aliphatic heterocycles. The molecule has 1 rings (SSSR count). The second kappa shape index (κ2) is 4.25. The molecular weight excluding hydrogens is 228 g/mol. The Kier molecular flexibility index (Phi) is 3.51. The van der Waals surface area contributed by atoms with Gasteiger partial charge in [0, 0.05) is 17.0 Å². The molecule has 0 radical (unpaired) electrons. The van der Waals surface area contributed by atoms with Gasteiger partial charge >= 0.3 is 0 Å². The lowest BCUT2D eigenvalue weighted by Gasteiger charge is -2.15. The topological polar surface area (TPSA) is 20.2 Å². The highest BCUT2D eigenvalue weighted by Gasteiger charge is 2.12. The summed E-state index contributed by atoms with van der Waals surface area (Å²) in [6.45, 7) is 6.42. The van der Waals surface area contributed by atoms with E-state index in [-0.39, 0.29) is 12.5 Å². The van der Waals surface area contributed by atoms with E-state index in [1.54, 1.807) is 0 Å². The summed E-state index contributed by atoms with van der Waals surface area (Å²) in [5.74, 6) is 0.203. The first kappa shape index (κ1) is 10.7. The van der Waals surface area contributed by atoms with Crippen LogP contribution in [-0.4, -0.2) is 11.7 Å². The zero-order chi connectivity index (χ0) is 10.0. The molecule has 0 aromatic heterocycles. The van der Waals surface area contributed by atoms with Crippen LogP contribution in [-0.2, 0) is 0 Å². The quantitative estimate of drug-likeness (QED) is 0.845. The number of aliphatic hydroxyl groups is 1. The van der Waals surface area contributed by atoms with E-state index in [9.17, 15) is 0 Å². The summed E-state index contributed by atoms with van der Waals surface area (Å²) in [6, 6.07) is 4.14. The molecule has 0 aliphatic rings. The van der Waals surface area contributed by atoms with Crippen LogP contribution in [0.1, 0.15) is 29.5 Å². The van der Waals surface area contributed by atoms with Crippen LogP contribution in [0.2, 0.25) is 0 Å². The van der Waals surface area contributed by atoms with E-state index in [0.717, 1.165) is 4.47 Å². The zero-order valence-corrected chi connectivity index (χ0v) is 9.85. The van der Waals surface area contributed by atoms with Crippen LogP contribution in [0.4, 0.5) is 0 Å². The molecule has 2 heteroatoms. The minimum absolute atomic E-state index is 0.197. The zero-order valence-electron chi connectivity index (χ0n) is 8.26. The lowest BCUT2D eigenvalue weighted by atomic mass is 9.94. The van der Waals surface area contributed by atoms with Crippen molar-refractivity contribution in [2.75, 3.05) is 6.61 Å². The lowest BCUT2D eigenvalue weighted by Crippen LogP contribution is -2.03. The summed E-state index contributed by atoms with van der Waals surface area (Å²) in [5.41, 5.74) is 3.77. The smallest absolute Gasteiger partial charge is 0.0497 e. The molecule has 1 aromatic rings. The molecule has 0 amide bonds. The summed E-state index contributed by atoms with van der Waals surface area (Å²) in [7, 11) is 0. The van der Waals surface area contributed by atoms with Gasteiger partial charge in [-0.25, -0.2) is 0 Å². The predicted octanol–water partition coefficient (Wildman–Crippen LogP) is 3.16. The lowest BCUT2D eigenvalue weighted by molar-refractivity contribution is 0.272. The largest absolute Gasteiger partial charge is 0.396 e. The Labute approximate surface area is 87.9 Å². The van der Waals surface area contributed by atoms with Crippen molar-refractivity contribution in [1.29, 1.82) is 0 Å². The maximum Gasteiger partial charge on any atom is 0.0497 e. The molecule has 1 unspecified atom stereocenters. The predicted molar refractivity (Wildman–Crippen MR) is 59.1 cm³/mol. The van der Waals surface area contributed by atoms with Gasteiger partial charge in [-0.3, -0.25) is 0 Å². The summed E-state index contributed by atoms with van der Waals surface area (Å²) in [6.07, 6.45) is 0. The maximum absolute atomic E-state index is 9.11. The van der Waals surface area contributed by atoms with Crippen molar-refractivity contribution in [3.8, 4) is 0 Å². The molecular formula is C11H15BrO. The molecule has 1 atom stereocenters. The van der Waals surface area contributed by atoms with Gasteiger partial charge in [0.05, 0.1) is 0 Å². The van der Waals surface area contributed by atoms with Gasteiger partial charge in [0.1, 0.15) is 0 Å². The van der Waals surface area contributed by atoms with Gasteiger partial charge in [-0.05, 0) is 36.6 Å². The van der Waals surface area contributed by atoms with Gasteiger partial charge in [-0.15, -0.1) is 0 Å². The minimum atomic E-state index is 0.197. The summed E-state index contributed by atoms with van der Waals surface area (Å²) in [4.78, 5) is 0. The normalized spacial score (nSPS) is 13.0. The molecule has 0 heterocycles. The van der Waals surface area contributed by atoms with Crippen LogP contribution in [0.25, 0.3) is 0 Å². The molecule has 0 aliphatic carbocycles. The Morgan fingerprint density at radius 3 is 2.54 bits per heavy atom. The van der Waals surface area contributed by atoms with E-state index in [2.05, 4.69) is 35.8 Å². The van der Waals surface area contributed by atoms with Crippen molar-refractivity contribution in [2.45, 2.75) is 26.7 Å². The van der Waals surface area contributed by atoms with Crippen molar-refractivity contribution in [1.82, 2.24) is 0 Å². The number of hydrogen-bond donors (Lipinski definition) is 1. The van der Waals surface area contributed by atoms with Crippen molar-refractivity contribution in [2.24, 2.45) is 0 Å². The summed E-state index contributed by atoms with van der Waals surface area (Å²) < 4.78 is 1.09. The summed E-state index contributed by atoms with van der Waals surface area (Å²) in [5, 5.41) is 9.11. The van der Waals surface area contributed by atoms with E-state index in [1.165, 1.54) is 16.7 Å². The molecule has 0 fully saturated rings. The van der Waals surface area contributed by atoms with Crippen molar-refractivity contribution in [3.63, 3.8) is 0 Å². The van der Waals surface area contributed by atoms with Crippen LogP contribution >= 0.6 is 15.9 Å². The standard InChI is InChI=1S/C11H15BrO/c1-7-4-5-10(12)11(9(7)3)8(2)6-13/h4-5,8,13H,6H2,1-3H3. The number of hydrogen-bond acceptors (Lipinski definition) is 1. The number of rotatable bonds is 2. The fraction of sp³-hybridized carbons (Fsp3) is 0.455. The molecule has 0 saturated heterocycles. The number of aryl methyl sites for hydroxylation is 1. The van der Waals surface area contributed by atoms with Gasteiger partial charge in [-0.2, -0.15) is 0 Å². The first-order chi connectivity index (χ1) is 6.07.